The Bertz CT molecular complexity index is 1270. The molecule has 7 heteroatoms. The lowest BCUT2D eigenvalue weighted by Gasteiger charge is -2.30. The van der Waals surface area contributed by atoms with Crippen molar-refractivity contribution in [3.63, 3.8) is 0 Å². The fraction of sp³-hybridized carbons (Fsp3) is 0.160. The van der Waals surface area contributed by atoms with Crippen molar-refractivity contribution < 1.29 is 17.9 Å². The van der Waals surface area contributed by atoms with Crippen molar-refractivity contribution >= 4 is 27.2 Å². The Kier molecular flexibility index (Phi) is 6.01. The zero-order valence-corrected chi connectivity index (χ0v) is 18.7. The summed E-state index contributed by atoms with van der Waals surface area (Å²) in [6, 6.07) is 23.9. The molecule has 0 spiro atoms. The molecule has 4 rings (SSSR count). The molecule has 3 aromatic carbocycles. The van der Waals surface area contributed by atoms with E-state index in [0.29, 0.717) is 35.4 Å². The number of ether oxygens (including phenoxy) is 1. The van der Waals surface area contributed by atoms with Gasteiger partial charge < -0.3 is 10.1 Å². The third-order valence-corrected chi connectivity index (χ3v) is 7.31. The Morgan fingerprint density at radius 2 is 1.59 bits per heavy atom. The lowest BCUT2D eigenvalue weighted by Crippen LogP contribution is -2.40. The predicted octanol–water partition coefficient (Wildman–Crippen LogP) is 3.59. The molecule has 0 aromatic heterocycles. The zero-order valence-electron chi connectivity index (χ0n) is 17.9. The van der Waals surface area contributed by atoms with Crippen LogP contribution in [0.1, 0.15) is 16.7 Å². The molecular formula is C25H24N2O4S. The molecule has 1 aliphatic heterocycles. The summed E-state index contributed by atoms with van der Waals surface area (Å²) < 4.78 is 33.1. The van der Waals surface area contributed by atoms with Crippen molar-refractivity contribution in [3.8, 4) is 5.75 Å². The predicted molar refractivity (Wildman–Crippen MR) is 126 cm³/mol. The Morgan fingerprint density at radius 3 is 2.28 bits per heavy atom. The van der Waals surface area contributed by atoms with Gasteiger partial charge in [0.15, 0.2) is 4.91 Å². The second kappa shape index (κ2) is 8.88. The number of nitrogens with zero attached hydrogens (tertiary/aromatic N) is 1. The maximum Gasteiger partial charge on any atom is 0.270 e. The van der Waals surface area contributed by atoms with Crippen LogP contribution in [-0.2, 0) is 21.2 Å². The molecule has 0 saturated carbocycles. The molecular weight excluding hydrogens is 424 g/mol. The maximum atomic E-state index is 13.4. The summed E-state index contributed by atoms with van der Waals surface area (Å²) in [6.07, 6.45) is 0.566. The highest BCUT2D eigenvalue weighted by Crippen LogP contribution is 2.41. The summed E-state index contributed by atoms with van der Waals surface area (Å²) in [7, 11) is -0.955. The molecule has 0 atom stereocenters. The Balaban J connectivity index is 1.70. The Morgan fingerprint density at radius 1 is 0.938 bits per heavy atom. The number of anilines is 1. The van der Waals surface area contributed by atoms with Crippen LogP contribution in [0.3, 0.4) is 0 Å². The quantitative estimate of drug-likeness (QED) is 0.625. The first-order chi connectivity index (χ1) is 15.4. The van der Waals surface area contributed by atoms with E-state index in [0.717, 1.165) is 11.3 Å². The largest absolute Gasteiger partial charge is 0.497 e. The molecule has 164 valence electrons. The minimum atomic E-state index is -4.03. The van der Waals surface area contributed by atoms with E-state index in [9.17, 15) is 13.2 Å². The number of methoxy groups -OCH3 is 1. The summed E-state index contributed by atoms with van der Waals surface area (Å²) in [6.45, 7) is 0.303. The van der Waals surface area contributed by atoms with Gasteiger partial charge in [0.25, 0.3) is 15.9 Å². The molecule has 1 aliphatic rings. The molecule has 3 aromatic rings. The van der Waals surface area contributed by atoms with Crippen molar-refractivity contribution in [2.75, 3.05) is 25.0 Å². The van der Waals surface area contributed by atoms with Gasteiger partial charge in [-0.15, -0.1) is 0 Å². The van der Waals surface area contributed by atoms with Gasteiger partial charge in [-0.3, -0.25) is 9.10 Å². The number of nitrogens with one attached hydrogen (secondary N) is 1. The fourth-order valence-electron chi connectivity index (χ4n) is 3.79. The molecule has 0 saturated heterocycles. The number of rotatable bonds is 6. The van der Waals surface area contributed by atoms with Gasteiger partial charge in [0.05, 0.1) is 12.8 Å². The van der Waals surface area contributed by atoms with Gasteiger partial charge in [-0.05, 0) is 35.7 Å². The van der Waals surface area contributed by atoms with E-state index < -0.39 is 15.9 Å². The van der Waals surface area contributed by atoms with E-state index in [1.165, 1.54) is 11.4 Å². The van der Waals surface area contributed by atoms with Gasteiger partial charge in [0.2, 0.25) is 0 Å². The summed E-state index contributed by atoms with van der Waals surface area (Å²) >= 11 is 0. The minimum Gasteiger partial charge on any atom is -0.497 e. The third-order valence-electron chi connectivity index (χ3n) is 5.49. The lowest BCUT2D eigenvalue weighted by atomic mass is 9.95. The van der Waals surface area contributed by atoms with Crippen LogP contribution in [0.15, 0.2) is 83.8 Å². The van der Waals surface area contributed by atoms with Gasteiger partial charge in [0.1, 0.15) is 5.75 Å². The molecule has 32 heavy (non-hydrogen) atoms. The number of fused-ring (bicyclic) bond motifs is 1. The molecule has 0 unspecified atom stereocenters. The monoisotopic (exact) mass is 448 g/mol. The Labute approximate surface area is 188 Å². The van der Waals surface area contributed by atoms with E-state index in [-0.39, 0.29) is 4.91 Å². The van der Waals surface area contributed by atoms with Gasteiger partial charge >= 0.3 is 0 Å². The zero-order chi connectivity index (χ0) is 22.7. The molecule has 6 nitrogen and oxygen atoms in total. The van der Waals surface area contributed by atoms with E-state index in [1.807, 2.05) is 66.7 Å². The van der Waals surface area contributed by atoms with Crippen LogP contribution in [0, 0.1) is 0 Å². The van der Waals surface area contributed by atoms with Crippen LogP contribution in [0.4, 0.5) is 5.69 Å². The van der Waals surface area contributed by atoms with Crippen molar-refractivity contribution in [1.29, 1.82) is 0 Å². The van der Waals surface area contributed by atoms with Crippen LogP contribution >= 0.6 is 0 Å². The Hall–Kier alpha value is -3.58. The summed E-state index contributed by atoms with van der Waals surface area (Å²) in [4.78, 5) is 13.0. The van der Waals surface area contributed by atoms with Crippen molar-refractivity contribution in [1.82, 2.24) is 5.32 Å². The number of benzene rings is 3. The topological polar surface area (TPSA) is 75.7 Å². The van der Waals surface area contributed by atoms with Gasteiger partial charge in [-0.2, -0.15) is 0 Å². The van der Waals surface area contributed by atoms with Gasteiger partial charge in [-0.25, -0.2) is 8.42 Å². The van der Waals surface area contributed by atoms with E-state index in [2.05, 4.69) is 5.32 Å². The number of amides is 1. The number of carbonyl (C=O) groups is 1. The molecule has 0 aliphatic carbocycles. The number of para-hydroxylation sites is 1. The molecule has 1 heterocycles. The first-order valence-corrected chi connectivity index (χ1v) is 11.7. The van der Waals surface area contributed by atoms with Gasteiger partial charge in [-0.1, -0.05) is 60.7 Å². The van der Waals surface area contributed by atoms with Crippen molar-refractivity contribution in [2.45, 2.75) is 6.42 Å². The highest BCUT2D eigenvalue weighted by molar-refractivity contribution is 7.97. The highest BCUT2D eigenvalue weighted by atomic mass is 32.2. The van der Waals surface area contributed by atoms with Crippen LogP contribution in [0.25, 0.3) is 5.57 Å². The normalized spacial score (nSPS) is 14.6. The van der Waals surface area contributed by atoms with Crippen LogP contribution < -0.4 is 14.4 Å². The average Bonchev–Trinajstić information content (AvgIpc) is 2.82. The summed E-state index contributed by atoms with van der Waals surface area (Å²) in [5, 5.41) is 2.80. The van der Waals surface area contributed by atoms with Crippen LogP contribution in [-0.4, -0.2) is 35.0 Å². The van der Waals surface area contributed by atoms with E-state index in [1.54, 1.807) is 19.2 Å². The van der Waals surface area contributed by atoms with Gasteiger partial charge in [0, 0.05) is 24.7 Å². The average molecular weight is 449 g/mol. The van der Waals surface area contributed by atoms with Crippen LogP contribution in [0.2, 0.25) is 0 Å². The maximum absolute atomic E-state index is 13.4. The fourth-order valence-corrected chi connectivity index (χ4v) is 5.28. The molecule has 1 amide bonds. The molecule has 0 fully saturated rings. The highest BCUT2D eigenvalue weighted by Gasteiger charge is 2.39. The van der Waals surface area contributed by atoms with E-state index >= 15 is 0 Å². The second-order valence-electron chi connectivity index (χ2n) is 7.41. The third kappa shape index (κ3) is 3.99. The number of hydrogen-bond donors (Lipinski definition) is 1. The second-order valence-corrected chi connectivity index (χ2v) is 9.32. The SMILES string of the molecule is COc1ccc(CCNC(=O)C2=C(c3ccccc3)c3ccccc3N(C)S2(=O)=O)cc1. The molecule has 1 N–H and O–H groups in total. The standard InChI is InChI=1S/C25H24N2O4S/c1-27-22-11-7-6-10-21(22)23(19-8-4-3-5-9-19)24(32(27,29)30)25(28)26-17-16-18-12-14-20(31-2)15-13-18/h3-15H,16-17H2,1-2H3,(H,26,28). The van der Waals surface area contributed by atoms with Crippen molar-refractivity contribution in [2.24, 2.45) is 0 Å². The molecule has 0 radical (unpaired) electrons. The lowest BCUT2D eigenvalue weighted by molar-refractivity contribution is -0.116. The first kappa shape index (κ1) is 21.6. The first-order valence-electron chi connectivity index (χ1n) is 10.2. The molecule has 0 bridgehead atoms. The van der Waals surface area contributed by atoms with E-state index in [4.69, 9.17) is 4.74 Å². The number of hydrogen-bond acceptors (Lipinski definition) is 4. The van der Waals surface area contributed by atoms with Crippen LogP contribution in [0.5, 0.6) is 5.75 Å². The van der Waals surface area contributed by atoms with Crippen molar-refractivity contribution in [3.05, 3.63) is 100 Å². The minimum absolute atomic E-state index is 0.236. The number of carbonyl (C=O) groups excluding carboxylic acids is 1. The smallest absolute Gasteiger partial charge is 0.270 e. The summed E-state index contributed by atoms with van der Waals surface area (Å²) in [5.41, 5.74) is 3.35. The number of sulfonamides is 1. The summed E-state index contributed by atoms with van der Waals surface area (Å²) in [5.74, 6) is 0.143.